The Morgan fingerprint density at radius 1 is 1.15 bits per heavy atom. The molecule has 0 radical (unpaired) electrons. The predicted molar refractivity (Wildman–Crippen MR) is 102 cm³/mol. The van der Waals surface area contributed by atoms with E-state index in [1.165, 1.54) is 5.56 Å². The topological polar surface area (TPSA) is 68.5 Å². The van der Waals surface area contributed by atoms with Crippen LogP contribution in [0.3, 0.4) is 0 Å². The average molecular weight is 365 g/mol. The molecule has 0 saturated carbocycles. The van der Waals surface area contributed by atoms with Crippen molar-refractivity contribution >= 4 is 5.91 Å². The molecular formula is C21H23N3O3. The van der Waals surface area contributed by atoms with Gasteiger partial charge in [0.15, 0.2) is 0 Å². The summed E-state index contributed by atoms with van der Waals surface area (Å²) in [6.07, 6.45) is 0.349. The SMILES string of the molecule is COc1ccc(-c2noc(CN(C)C(=O)Cc3ccc(C)cc3C)n2)cc1. The van der Waals surface area contributed by atoms with E-state index in [1.807, 2.05) is 50.2 Å². The molecule has 3 aromatic rings. The summed E-state index contributed by atoms with van der Waals surface area (Å²) in [5.41, 5.74) is 4.17. The molecule has 2 aromatic carbocycles. The average Bonchev–Trinajstić information content (AvgIpc) is 3.12. The summed E-state index contributed by atoms with van der Waals surface area (Å²) in [6.45, 7) is 4.34. The van der Waals surface area contributed by atoms with E-state index in [-0.39, 0.29) is 12.5 Å². The molecule has 1 heterocycles. The minimum absolute atomic E-state index is 0.00569. The molecule has 0 aliphatic rings. The largest absolute Gasteiger partial charge is 0.497 e. The highest BCUT2D eigenvalue weighted by atomic mass is 16.5. The van der Waals surface area contributed by atoms with E-state index in [2.05, 4.69) is 16.2 Å². The van der Waals surface area contributed by atoms with Crippen molar-refractivity contribution in [3.05, 3.63) is 65.0 Å². The number of aromatic nitrogens is 2. The maximum Gasteiger partial charge on any atom is 0.246 e. The van der Waals surface area contributed by atoms with Gasteiger partial charge in [-0.15, -0.1) is 0 Å². The molecule has 140 valence electrons. The minimum atomic E-state index is 0.00569. The smallest absolute Gasteiger partial charge is 0.246 e. The fourth-order valence-corrected chi connectivity index (χ4v) is 2.81. The molecule has 6 heteroatoms. The molecule has 0 aliphatic heterocycles. The first-order valence-electron chi connectivity index (χ1n) is 8.73. The van der Waals surface area contributed by atoms with Crippen molar-refractivity contribution in [1.82, 2.24) is 15.0 Å². The summed E-state index contributed by atoms with van der Waals surface area (Å²) < 4.78 is 10.4. The molecule has 27 heavy (non-hydrogen) atoms. The van der Waals surface area contributed by atoms with Gasteiger partial charge in [0.25, 0.3) is 0 Å². The van der Waals surface area contributed by atoms with Crippen molar-refractivity contribution in [1.29, 1.82) is 0 Å². The van der Waals surface area contributed by atoms with Crippen LogP contribution in [-0.2, 0) is 17.8 Å². The summed E-state index contributed by atoms with van der Waals surface area (Å²) in [4.78, 5) is 18.5. The van der Waals surface area contributed by atoms with Gasteiger partial charge in [-0.1, -0.05) is 28.9 Å². The third-order valence-corrected chi connectivity index (χ3v) is 4.45. The molecular weight excluding hydrogens is 342 g/mol. The van der Waals surface area contributed by atoms with Crippen molar-refractivity contribution in [2.75, 3.05) is 14.2 Å². The van der Waals surface area contributed by atoms with Crippen molar-refractivity contribution in [3.63, 3.8) is 0 Å². The summed E-state index contributed by atoms with van der Waals surface area (Å²) in [6, 6.07) is 13.5. The lowest BCUT2D eigenvalue weighted by Crippen LogP contribution is -2.28. The Hall–Kier alpha value is -3.15. The zero-order valence-corrected chi connectivity index (χ0v) is 16.0. The van der Waals surface area contributed by atoms with Crippen molar-refractivity contribution in [3.8, 4) is 17.1 Å². The maximum atomic E-state index is 12.5. The van der Waals surface area contributed by atoms with Gasteiger partial charge < -0.3 is 14.2 Å². The van der Waals surface area contributed by atoms with Crippen LogP contribution >= 0.6 is 0 Å². The number of rotatable bonds is 6. The van der Waals surface area contributed by atoms with Gasteiger partial charge in [0.2, 0.25) is 17.6 Å². The Bertz CT molecular complexity index is 932. The Balaban J connectivity index is 1.64. The monoisotopic (exact) mass is 365 g/mol. The first kappa shape index (κ1) is 18.6. The number of methoxy groups -OCH3 is 1. The number of carbonyl (C=O) groups excluding carboxylic acids is 1. The molecule has 0 unspecified atom stereocenters. The van der Waals surface area contributed by atoms with Crippen molar-refractivity contribution in [2.24, 2.45) is 0 Å². The lowest BCUT2D eigenvalue weighted by Gasteiger charge is -2.15. The van der Waals surface area contributed by atoms with Crippen molar-refractivity contribution in [2.45, 2.75) is 26.8 Å². The van der Waals surface area contributed by atoms with Gasteiger partial charge in [0, 0.05) is 12.6 Å². The number of hydrogen-bond donors (Lipinski definition) is 0. The molecule has 1 amide bonds. The fourth-order valence-electron chi connectivity index (χ4n) is 2.81. The molecule has 0 bridgehead atoms. The molecule has 0 saturated heterocycles. The van der Waals surface area contributed by atoms with E-state index in [4.69, 9.17) is 9.26 Å². The molecule has 0 atom stereocenters. The molecule has 0 spiro atoms. The van der Waals surface area contributed by atoms with Crippen LogP contribution in [0.25, 0.3) is 11.4 Å². The van der Waals surface area contributed by atoms with Crippen LogP contribution in [-0.4, -0.2) is 35.1 Å². The number of benzene rings is 2. The summed E-state index contributed by atoms with van der Waals surface area (Å²) in [5.74, 6) is 1.66. The molecule has 3 rings (SSSR count). The maximum absolute atomic E-state index is 12.5. The lowest BCUT2D eigenvalue weighted by atomic mass is 10.0. The molecule has 0 aliphatic carbocycles. The Morgan fingerprint density at radius 3 is 2.56 bits per heavy atom. The molecule has 6 nitrogen and oxygen atoms in total. The number of hydrogen-bond acceptors (Lipinski definition) is 5. The third-order valence-electron chi connectivity index (χ3n) is 4.45. The van der Waals surface area contributed by atoms with Crippen LogP contribution in [0.1, 0.15) is 22.6 Å². The normalized spacial score (nSPS) is 10.7. The highest BCUT2D eigenvalue weighted by Crippen LogP contribution is 2.20. The van der Waals surface area contributed by atoms with Gasteiger partial charge in [-0.2, -0.15) is 4.98 Å². The number of carbonyl (C=O) groups is 1. The van der Waals surface area contributed by atoms with Gasteiger partial charge in [-0.3, -0.25) is 4.79 Å². The van der Waals surface area contributed by atoms with Crippen LogP contribution < -0.4 is 4.74 Å². The van der Waals surface area contributed by atoms with Gasteiger partial charge in [0.1, 0.15) is 5.75 Å². The second-order valence-corrected chi connectivity index (χ2v) is 6.60. The van der Waals surface area contributed by atoms with E-state index < -0.39 is 0 Å². The van der Waals surface area contributed by atoms with E-state index >= 15 is 0 Å². The van der Waals surface area contributed by atoms with Crippen LogP contribution in [0.15, 0.2) is 47.0 Å². The summed E-state index contributed by atoms with van der Waals surface area (Å²) in [7, 11) is 3.36. The Kier molecular flexibility index (Phi) is 5.54. The first-order chi connectivity index (χ1) is 13.0. The number of nitrogens with zero attached hydrogens (tertiary/aromatic N) is 3. The van der Waals surface area contributed by atoms with Crippen LogP contribution in [0.4, 0.5) is 0 Å². The Morgan fingerprint density at radius 2 is 1.89 bits per heavy atom. The fraction of sp³-hybridized carbons (Fsp3) is 0.286. The highest BCUT2D eigenvalue weighted by molar-refractivity contribution is 5.78. The van der Waals surface area contributed by atoms with Crippen LogP contribution in [0, 0.1) is 13.8 Å². The van der Waals surface area contributed by atoms with E-state index in [0.717, 1.165) is 22.4 Å². The Labute approximate surface area is 158 Å². The quantitative estimate of drug-likeness (QED) is 0.668. The van der Waals surface area contributed by atoms with Gasteiger partial charge >= 0.3 is 0 Å². The summed E-state index contributed by atoms with van der Waals surface area (Å²) >= 11 is 0. The minimum Gasteiger partial charge on any atom is -0.497 e. The van der Waals surface area contributed by atoms with Gasteiger partial charge in [-0.25, -0.2) is 0 Å². The second-order valence-electron chi connectivity index (χ2n) is 6.60. The van der Waals surface area contributed by atoms with Crippen LogP contribution in [0.2, 0.25) is 0 Å². The van der Waals surface area contributed by atoms with Gasteiger partial charge in [-0.05, 0) is 49.2 Å². The zero-order valence-electron chi connectivity index (χ0n) is 16.0. The number of ether oxygens (including phenoxy) is 1. The van der Waals surface area contributed by atoms with Crippen molar-refractivity contribution < 1.29 is 14.1 Å². The van der Waals surface area contributed by atoms with E-state index in [9.17, 15) is 4.79 Å². The number of amides is 1. The van der Waals surface area contributed by atoms with Crippen LogP contribution in [0.5, 0.6) is 5.75 Å². The van der Waals surface area contributed by atoms with E-state index in [0.29, 0.717) is 18.1 Å². The second kappa shape index (κ2) is 8.03. The van der Waals surface area contributed by atoms with Gasteiger partial charge in [0.05, 0.1) is 20.1 Å². The number of likely N-dealkylation sites (N-methyl/N-ethyl adjacent to an activating group) is 1. The predicted octanol–water partition coefficient (Wildman–Crippen LogP) is 3.56. The molecule has 0 N–H and O–H groups in total. The third kappa shape index (κ3) is 4.53. The summed E-state index contributed by atoms with van der Waals surface area (Å²) in [5, 5.41) is 4.00. The zero-order chi connectivity index (χ0) is 19.4. The lowest BCUT2D eigenvalue weighted by molar-refractivity contribution is -0.130. The molecule has 0 fully saturated rings. The van der Waals surface area contributed by atoms with E-state index in [1.54, 1.807) is 19.1 Å². The standard InChI is InChI=1S/C21H23N3O3/c1-14-5-6-17(15(2)11-14)12-20(25)24(3)13-19-22-21(23-27-19)16-7-9-18(26-4)10-8-16/h5-11H,12-13H2,1-4H3. The first-order valence-corrected chi connectivity index (χ1v) is 8.73. The highest BCUT2D eigenvalue weighted by Gasteiger charge is 2.16. The molecule has 1 aromatic heterocycles. The number of aryl methyl sites for hydroxylation is 2.